The Morgan fingerprint density at radius 2 is 1.38 bits per heavy atom. The van der Waals surface area contributed by atoms with Gasteiger partial charge in [-0.3, -0.25) is 43.5 Å². The number of anilines is 3. The van der Waals surface area contributed by atoms with Crippen molar-refractivity contribution in [2.75, 3.05) is 41.6 Å². The summed E-state index contributed by atoms with van der Waals surface area (Å²) in [6.07, 6.45) is 6.74. The first kappa shape index (κ1) is 57.3. The second-order valence-electron chi connectivity index (χ2n) is 21.3. The molecule has 4 aliphatic rings. The van der Waals surface area contributed by atoms with Gasteiger partial charge in [-0.25, -0.2) is 0 Å². The summed E-state index contributed by atoms with van der Waals surface area (Å²) in [5.74, 6) is 0.845. The number of methoxy groups -OCH3 is 1. The third-order valence-electron chi connectivity index (χ3n) is 14.9. The molecular weight excluding hydrogens is 1050 g/mol. The second-order valence-corrected chi connectivity index (χ2v) is 24.4. The average molecular weight is 1120 g/mol. The van der Waals surface area contributed by atoms with E-state index in [9.17, 15) is 33.6 Å². The standard InChI is InChI=1S/C62H68N6O10S2/c1-38-25-50-51(64-34-46-30-43-12-7-9-14-53(43)68(46)61(50)75)33-54(38)77-36-39-26-40(37-78-56-31-41-16-17-45-29-42-11-6-8-13-52(42)67(45)60(74)49(41)32-55(56)76-5)28-44(27-39)66-59(73)21-19-48(70)35-65-58(72)20-18-47(69)22-23-62(2,3)80-79-24-10-15-57(71)63-4/h6-9,11-14,25-28,31-34,45-46H,10,15-24,29-30,35-37H2,1-5H3,(H,63,71)(H,65,72)(H,66,73)/t45-,46+/m1/s1. The number of nitrogens with one attached hydrogen (secondary N) is 3. The van der Waals surface area contributed by atoms with Gasteiger partial charge >= 0.3 is 0 Å². The van der Waals surface area contributed by atoms with Gasteiger partial charge in [0.15, 0.2) is 17.3 Å². The van der Waals surface area contributed by atoms with E-state index in [0.29, 0.717) is 83.0 Å². The minimum Gasteiger partial charge on any atom is -0.493 e. The molecule has 18 heteroatoms. The van der Waals surface area contributed by atoms with Gasteiger partial charge in [-0.15, -0.1) is 0 Å². The highest BCUT2D eigenvalue weighted by Crippen LogP contribution is 2.43. The zero-order valence-corrected chi connectivity index (χ0v) is 47.6. The van der Waals surface area contributed by atoms with Gasteiger partial charge in [0, 0.05) is 103 Å². The van der Waals surface area contributed by atoms with Crippen LogP contribution in [-0.4, -0.2) is 90.6 Å². The predicted molar refractivity (Wildman–Crippen MR) is 314 cm³/mol. The summed E-state index contributed by atoms with van der Waals surface area (Å²) in [4.78, 5) is 99.9. The molecule has 4 heterocycles. The normalized spacial score (nSPS) is 15.8. The van der Waals surface area contributed by atoms with E-state index in [2.05, 4.69) is 35.9 Å². The van der Waals surface area contributed by atoms with E-state index in [-0.39, 0.29) is 91.6 Å². The van der Waals surface area contributed by atoms with Crippen LogP contribution in [0.15, 0.2) is 96.0 Å². The van der Waals surface area contributed by atoms with E-state index >= 15 is 0 Å². The highest BCUT2D eigenvalue weighted by Gasteiger charge is 2.39. The molecule has 0 aliphatic carbocycles. The van der Waals surface area contributed by atoms with Crippen LogP contribution in [-0.2, 0) is 56.4 Å². The number of aryl methyl sites for hydroxylation is 2. The first-order valence-electron chi connectivity index (χ1n) is 27.3. The number of carbonyl (C=O) groups excluding carboxylic acids is 7. The van der Waals surface area contributed by atoms with Gasteiger partial charge in [-0.1, -0.05) is 58.0 Å². The van der Waals surface area contributed by atoms with Crippen molar-refractivity contribution in [1.29, 1.82) is 0 Å². The van der Waals surface area contributed by atoms with E-state index in [1.807, 2.05) is 83.6 Å². The number of fused-ring (bicyclic) bond motifs is 8. The van der Waals surface area contributed by atoms with Crippen molar-refractivity contribution in [2.24, 2.45) is 4.99 Å². The minimum atomic E-state index is -0.420. The maximum atomic E-state index is 14.2. The third-order valence-corrected chi connectivity index (χ3v) is 18.3. The molecule has 2 atom stereocenters. The maximum absolute atomic E-state index is 14.2. The predicted octanol–water partition coefficient (Wildman–Crippen LogP) is 10.2. The Morgan fingerprint density at radius 1 is 0.700 bits per heavy atom. The van der Waals surface area contributed by atoms with E-state index in [4.69, 9.17) is 19.2 Å². The first-order chi connectivity index (χ1) is 38.6. The minimum absolute atomic E-state index is 0.0181. The number of rotatable bonds is 25. The average Bonchev–Trinajstić information content (AvgIpc) is 3.95. The monoisotopic (exact) mass is 1120 g/mol. The number of ketones is 2. The molecule has 16 nitrogen and oxygen atoms in total. The Morgan fingerprint density at radius 3 is 2.11 bits per heavy atom. The summed E-state index contributed by atoms with van der Waals surface area (Å²) in [7, 11) is 6.53. The Balaban J connectivity index is 0.828. The van der Waals surface area contributed by atoms with E-state index < -0.39 is 11.8 Å². The first-order valence-corrected chi connectivity index (χ1v) is 29.6. The number of hydrogen-bond donors (Lipinski definition) is 3. The van der Waals surface area contributed by atoms with Crippen LogP contribution in [0.2, 0.25) is 0 Å². The number of benzene rings is 5. The van der Waals surface area contributed by atoms with Crippen LogP contribution in [0, 0.1) is 6.92 Å². The number of carbonyl (C=O) groups is 7. The van der Waals surface area contributed by atoms with Gasteiger partial charge in [0.25, 0.3) is 11.8 Å². The molecule has 5 amide bonds. The molecule has 5 aromatic carbocycles. The molecule has 418 valence electrons. The van der Waals surface area contributed by atoms with Crippen LogP contribution in [0.25, 0.3) is 0 Å². The number of amides is 5. The van der Waals surface area contributed by atoms with Crippen molar-refractivity contribution in [1.82, 2.24) is 10.6 Å². The molecule has 0 saturated carbocycles. The molecule has 80 heavy (non-hydrogen) atoms. The highest BCUT2D eigenvalue weighted by molar-refractivity contribution is 8.77. The summed E-state index contributed by atoms with van der Waals surface area (Å²) in [5.41, 5.74) is 9.08. The van der Waals surface area contributed by atoms with E-state index in [0.717, 1.165) is 58.6 Å². The Kier molecular flexibility index (Phi) is 18.4. The molecule has 0 radical (unpaired) electrons. The maximum Gasteiger partial charge on any atom is 0.261 e. The molecule has 4 aliphatic heterocycles. The largest absolute Gasteiger partial charge is 0.493 e. The molecule has 3 N–H and O–H groups in total. The number of nitrogens with zero attached hydrogens (tertiary/aromatic N) is 3. The summed E-state index contributed by atoms with van der Waals surface area (Å²) >= 11 is 0. The quantitative estimate of drug-likeness (QED) is 0.0369. The van der Waals surface area contributed by atoms with Crippen molar-refractivity contribution >= 4 is 91.7 Å². The van der Waals surface area contributed by atoms with Crippen molar-refractivity contribution in [3.8, 4) is 17.2 Å². The molecule has 0 bridgehead atoms. The lowest BCUT2D eigenvalue weighted by Crippen LogP contribution is -2.37. The van der Waals surface area contributed by atoms with Gasteiger partial charge < -0.3 is 35.1 Å². The summed E-state index contributed by atoms with van der Waals surface area (Å²) < 4.78 is 18.6. The highest BCUT2D eigenvalue weighted by atomic mass is 33.1. The van der Waals surface area contributed by atoms with Crippen LogP contribution >= 0.6 is 21.6 Å². The van der Waals surface area contributed by atoms with Crippen molar-refractivity contribution in [2.45, 2.75) is 128 Å². The number of para-hydroxylation sites is 2. The fourth-order valence-electron chi connectivity index (χ4n) is 10.6. The summed E-state index contributed by atoms with van der Waals surface area (Å²) in [5, 5.41) is 8.16. The van der Waals surface area contributed by atoms with Gasteiger partial charge in [-0.2, -0.15) is 0 Å². The fraction of sp³-hybridized carbons (Fsp3) is 0.387. The van der Waals surface area contributed by atoms with Crippen molar-refractivity contribution in [3.63, 3.8) is 0 Å². The van der Waals surface area contributed by atoms with Crippen LogP contribution < -0.4 is 40.0 Å². The summed E-state index contributed by atoms with van der Waals surface area (Å²) in [6, 6.07) is 28.5. The number of ether oxygens (including phenoxy) is 3. The van der Waals surface area contributed by atoms with Gasteiger partial charge in [0.05, 0.1) is 30.9 Å². The molecule has 0 aromatic heterocycles. The third kappa shape index (κ3) is 13.9. The number of aliphatic imine (C=N–C) groups is 1. The Hall–Kier alpha value is -7.44. The van der Waals surface area contributed by atoms with Crippen LogP contribution in [0.5, 0.6) is 17.2 Å². The molecule has 9 rings (SSSR count). The van der Waals surface area contributed by atoms with Gasteiger partial charge in [0.1, 0.15) is 24.7 Å². The smallest absolute Gasteiger partial charge is 0.261 e. The van der Waals surface area contributed by atoms with E-state index in [1.54, 1.807) is 52.9 Å². The molecule has 0 spiro atoms. The topological polar surface area (TPSA) is 202 Å². The number of Topliss-reactive ketones (excluding diaryl/α,β-unsaturated/α-hetero) is 2. The Bertz CT molecular complexity index is 3250. The van der Waals surface area contributed by atoms with Crippen LogP contribution in [0.1, 0.15) is 126 Å². The van der Waals surface area contributed by atoms with Crippen LogP contribution in [0.4, 0.5) is 22.7 Å². The SMILES string of the molecule is CNC(=O)CCCSSC(C)(C)CCC(=O)CCC(=O)NCC(=O)CCC(=O)Nc1cc(COc2cc3c(cc2C)C(=O)N2c4ccccc4C[C@H]2C=N3)cc(COc2cc3c(cc2OC)C(=O)N2c4ccccc4C[C@H]2CC3)c1. The van der Waals surface area contributed by atoms with E-state index in [1.165, 1.54) is 7.11 Å². The fourth-order valence-corrected chi connectivity index (χ4v) is 13.2. The van der Waals surface area contributed by atoms with Gasteiger partial charge in [-0.05, 0) is 135 Å². The Labute approximate surface area is 474 Å². The molecule has 0 saturated heterocycles. The lowest BCUT2D eigenvalue weighted by molar-refractivity contribution is -0.127. The van der Waals surface area contributed by atoms with Crippen molar-refractivity contribution in [3.05, 3.63) is 136 Å². The molecule has 0 unspecified atom stereocenters. The molecule has 0 fully saturated rings. The molecular formula is C62H68N6O10S2. The van der Waals surface area contributed by atoms with Crippen LogP contribution in [0.3, 0.4) is 0 Å². The molecule has 5 aromatic rings. The lowest BCUT2D eigenvalue weighted by atomic mass is 9.99. The second kappa shape index (κ2) is 25.8. The zero-order chi connectivity index (χ0) is 56.5. The summed E-state index contributed by atoms with van der Waals surface area (Å²) in [6.45, 7) is 5.88. The number of hydrogen-bond acceptors (Lipinski definition) is 13. The van der Waals surface area contributed by atoms with Gasteiger partial charge in [0.2, 0.25) is 17.7 Å². The zero-order valence-electron chi connectivity index (χ0n) is 45.9. The lowest BCUT2D eigenvalue weighted by Gasteiger charge is -2.23. The van der Waals surface area contributed by atoms with Crippen molar-refractivity contribution < 1.29 is 47.8 Å².